The summed E-state index contributed by atoms with van der Waals surface area (Å²) in [5.41, 5.74) is 8.27. The van der Waals surface area contributed by atoms with Gasteiger partial charge < -0.3 is 10.7 Å². The Balaban J connectivity index is 1.94. The van der Waals surface area contributed by atoms with E-state index in [1.807, 2.05) is 41.8 Å². The van der Waals surface area contributed by atoms with Crippen LogP contribution >= 0.6 is 0 Å². The first-order valence-electron chi connectivity index (χ1n) is 6.46. The minimum atomic E-state index is -0.239. The van der Waals surface area contributed by atoms with Gasteiger partial charge in [0, 0.05) is 24.0 Å². The highest BCUT2D eigenvalue weighted by Crippen LogP contribution is 2.19. The van der Waals surface area contributed by atoms with Crippen LogP contribution in [0.25, 0.3) is 5.69 Å². The average Bonchev–Trinajstić information content (AvgIpc) is 3.09. The fourth-order valence-corrected chi connectivity index (χ4v) is 2.24. The number of para-hydroxylation sites is 1. The van der Waals surface area contributed by atoms with Crippen LogP contribution in [0.15, 0.2) is 42.9 Å². The summed E-state index contributed by atoms with van der Waals surface area (Å²) < 4.78 is 1.99. The number of aromatic amines is 1. The van der Waals surface area contributed by atoms with Crippen LogP contribution in [0, 0.1) is 6.92 Å². The van der Waals surface area contributed by atoms with Gasteiger partial charge in [0.25, 0.3) is 0 Å². The smallest absolute Gasteiger partial charge is 0.154 e. The number of rotatable bonds is 4. The number of aromatic nitrogens is 5. The topological polar surface area (TPSA) is 85.4 Å². The first kappa shape index (κ1) is 12.6. The van der Waals surface area contributed by atoms with Crippen LogP contribution in [0.3, 0.4) is 0 Å². The van der Waals surface area contributed by atoms with Gasteiger partial charge in [0.2, 0.25) is 0 Å². The summed E-state index contributed by atoms with van der Waals surface area (Å²) >= 11 is 0. The van der Waals surface area contributed by atoms with Crippen molar-refractivity contribution in [3.8, 4) is 5.69 Å². The SMILES string of the molecule is Cc1nnc([C@H](N)Cc2cnc[nH]2)n1-c1ccccc1. The molecule has 6 heteroatoms. The van der Waals surface area contributed by atoms with E-state index in [0.717, 1.165) is 23.0 Å². The Morgan fingerprint density at radius 1 is 1.25 bits per heavy atom. The number of nitrogens with one attached hydrogen (secondary N) is 1. The molecule has 0 aliphatic heterocycles. The van der Waals surface area contributed by atoms with Crippen LogP contribution in [0.1, 0.15) is 23.4 Å². The molecule has 6 nitrogen and oxygen atoms in total. The predicted octanol–water partition coefficient (Wildman–Crippen LogP) is 1.54. The van der Waals surface area contributed by atoms with Crippen molar-refractivity contribution in [1.82, 2.24) is 24.7 Å². The highest BCUT2D eigenvalue weighted by Gasteiger charge is 2.18. The Kier molecular flexibility index (Phi) is 3.30. The van der Waals surface area contributed by atoms with E-state index in [2.05, 4.69) is 20.2 Å². The van der Waals surface area contributed by atoms with Gasteiger partial charge in [-0.25, -0.2) is 4.98 Å². The molecule has 0 saturated heterocycles. The number of hydrogen-bond acceptors (Lipinski definition) is 4. The van der Waals surface area contributed by atoms with Gasteiger partial charge >= 0.3 is 0 Å². The summed E-state index contributed by atoms with van der Waals surface area (Å²) in [5, 5.41) is 8.38. The lowest BCUT2D eigenvalue weighted by atomic mass is 10.1. The zero-order valence-electron chi connectivity index (χ0n) is 11.2. The molecule has 0 aliphatic rings. The van der Waals surface area contributed by atoms with Crippen molar-refractivity contribution >= 4 is 0 Å². The molecular weight excluding hydrogens is 252 g/mol. The Morgan fingerprint density at radius 3 is 2.75 bits per heavy atom. The minimum Gasteiger partial charge on any atom is -0.348 e. The molecule has 0 radical (unpaired) electrons. The van der Waals surface area contributed by atoms with E-state index < -0.39 is 0 Å². The zero-order chi connectivity index (χ0) is 13.9. The maximum absolute atomic E-state index is 6.27. The van der Waals surface area contributed by atoms with Crippen LogP contribution in [-0.2, 0) is 6.42 Å². The van der Waals surface area contributed by atoms with Gasteiger partial charge in [-0.3, -0.25) is 4.57 Å². The molecule has 0 bridgehead atoms. The monoisotopic (exact) mass is 268 g/mol. The van der Waals surface area contributed by atoms with Gasteiger partial charge in [0.05, 0.1) is 12.4 Å². The first-order valence-corrected chi connectivity index (χ1v) is 6.46. The van der Waals surface area contributed by atoms with Gasteiger partial charge in [0.15, 0.2) is 5.82 Å². The summed E-state index contributed by atoms with van der Waals surface area (Å²) in [6.45, 7) is 1.92. The van der Waals surface area contributed by atoms with E-state index in [1.165, 1.54) is 0 Å². The van der Waals surface area contributed by atoms with Crippen molar-refractivity contribution < 1.29 is 0 Å². The van der Waals surface area contributed by atoms with E-state index in [-0.39, 0.29) is 6.04 Å². The molecule has 102 valence electrons. The van der Waals surface area contributed by atoms with Crippen molar-refractivity contribution in [2.75, 3.05) is 0 Å². The molecule has 0 amide bonds. The molecule has 3 aromatic rings. The Hall–Kier alpha value is -2.47. The third-order valence-electron chi connectivity index (χ3n) is 3.19. The first-order chi connectivity index (χ1) is 9.75. The third-order valence-corrected chi connectivity index (χ3v) is 3.19. The second kappa shape index (κ2) is 5.26. The summed E-state index contributed by atoms with van der Waals surface area (Å²) in [6.07, 6.45) is 4.07. The van der Waals surface area contributed by atoms with E-state index in [1.54, 1.807) is 12.5 Å². The van der Waals surface area contributed by atoms with Crippen LogP contribution in [0.2, 0.25) is 0 Å². The summed E-state index contributed by atoms with van der Waals surface area (Å²) in [5.74, 6) is 1.58. The molecule has 3 N–H and O–H groups in total. The lowest BCUT2D eigenvalue weighted by molar-refractivity contribution is 0.641. The molecule has 0 unspecified atom stereocenters. The normalized spacial score (nSPS) is 12.5. The van der Waals surface area contributed by atoms with E-state index in [9.17, 15) is 0 Å². The minimum absolute atomic E-state index is 0.239. The highest BCUT2D eigenvalue weighted by molar-refractivity contribution is 5.34. The van der Waals surface area contributed by atoms with Crippen molar-refractivity contribution in [1.29, 1.82) is 0 Å². The number of nitrogens with two attached hydrogens (primary N) is 1. The maximum Gasteiger partial charge on any atom is 0.154 e. The molecule has 0 aliphatic carbocycles. The second-order valence-electron chi connectivity index (χ2n) is 4.66. The van der Waals surface area contributed by atoms with Gasteiger partial charge in [-0.1, -0.05) is 18.2 Å². The molecule has 0 saturated carbocycles. The number of imidazole rings is 1. The number of nitrogens with zero attached hydrogens (tertiary/aromatic N) is 4. The van der Waals surface area contributed by atoms with Crippen LogP contribution in [0.5, 0.6) is 0 Å². The number of benzene rings is 1. The van der Waals surface area contributed by atoms with Crippen LogP contribution < -0.4 is 5.73 Å². The molecule has 0 fully saturated rings. The van der Waals surface area contributed by atoms with E-state index in [4.69, 9.17) is 5.73 Å². The molecule has 3 rings (SSSR count). The van der Waals surface area contributed by atoms with Gasteiger partial charge in [-0.05, 0) is 19.1 Å². The predicted molar refractivity (Wildman–Crippen MR) is 75.3 cm³/mol. The van der Waals surface area contributed by atoms with Crippen LogP contribution in [0.4, 0.5) is 0 Å². The van der Waals surface area contributed by atoms with E-state index in [0.29, 0.717) is 6.42 Å². The van der Waals surface area contributed by atoms with Crippen molar-refractivity contribution in [2.24, 2.45) is 5.73 Å². The van der Waals surface area contributed by atoms with Gasteiger partial charge in [0.1, 0.15) is 5.82 Å². The third kappa shape index (κ3) is 2.33. The van der Waals surface area contributed by atoms with Gasteiger partial charge in [-0.2, -0.15) is 0 Å². The quantitative estimate of drug-likeness (QED) is 0.751. The molecule has 2 aromatic heterocycles. The second-order valence-corrected chi connectivity index (χ2v) is 4.66. The molecule has 20 heavy (non-hydrogen) atoms. The van der Waals surface area contributed by atoms with Crippen LogP contribution in [-0.4, -0.2) is 24.7 Å². The molecule has 1 atom stereocenters. The fraction of sp³-hybridized carbons (Fsp3) is 0.214. The molecule has 0 spiro atoms. The molecular formula is C14H16N6. The molecule has 1 aromatic carbocycles. The lowest BCUT2D eigenvalue weighted by Gasteiger charge is -2.13. The van der Waals surface area contributed by atoms with Crippen molar-refractivity contribution in [3.05, 3.63) is 60.2 Å². The Morgan fingerprint density at radius 2 is 2.05 bits per heavy atom. The zero-order valence-corrected chi connectivity index (χ0v) is 11.2. The lowest BCUT2D eigenvalue weighted by Crippen LogP contribution is -2.19. The standard InChI is InChI=1S/C14H16N6/c1-10-18-19-14(13(15)7-11-8-16-9-17-11)20(10)12-5-3-2-4-6-12/h2-6,8-9,13H,7,15H2,1H3,(H,16,17)/t13-/m1/s1. The number of aryl methyl sites for hydroxylation is 1. The fourth-order valence-electron chi connectivity index (χ4n) is 2.24. The summed E-state index contributed by atoms with van der Waals surface area (Å²) in [6, 6.07) is 9.74. The maximum atomic E-state index is 6.27. The Bertz CT molecular complexity index is 671. The summed E-state index contributed by atoms with van der Waals surface area (Å²) in [7, 11) is 0. The van der Waals surface area contributed by atoms with Crippen molar-refractivity contribution in [3.63, 3.8) is 0 Å². The number of hydrogen-bond donors (Lipinski definition) is 2. The van der Waals surface area contributed by atoms with Crippen molar-refractivity contribution in [2.45, 2.75) is 19.4 Å². The average molecular weight is 268 g/mol. The largest absolute Gasteiger partial charge is 0.348 e. The highest BCUT2D eigenvalue weighted by atomic mass is 15.3. The Labute approximate surface area is 116 Å². The number of H-pyrrole nitrogens is 1. The van der Waals surface area contributed by atoms with E-state index >= 15 is 0 Å². The summed E-state index contributed by atoms with van der Waals surface area (Å²) in [4.78, 5) is 7.06. The van der Waals surface area contributed by atoms with Gasteiger partial charge in [-0.15, -0.1) is 10.2 Å². The molecule has 2 heterocycles.